The van der Waals surface area contributed by atoms with Gasteiger partial charge >= 0.3 is 0 Å². The third kappa shape index (κ3) is 5.70. The number of unbranched alkanes of at least 4 members (excludes halogenated alkanes) is 1. The van der Waals surface area contributed by atoms with E-state index in [1.54, 1.807) is 12.1 Å². The quantitative estimate of drug-likeness (QED) is 0.665. The van der Waals surface area contributed by atoms with Crippen LogP contribution in [0.4, 0.5) is 10.5 Å². The summed E-state index contributed by atoms with van der Waals surface area (Å²) in [4.78, 5) is 36.7. The van der Waals surface area contributed by atoms with Crippen LogP contribution in [0.3, 0.4) is 0 Å². The summed E-state index contributed by atoms with van der Waals surface area (Å²) < 4.78 is 0. The Hall–Kier alpha value is -2.60. The average molecular weight is 397 g/mol. The van der Waals surface area contributed by atoms with Crippen molar-refractivity contribution in [3.8, 4) is 0 Å². The molecule has 0 aliphatic carbocycles. The molecule has 1 aliphatic heterocycles. The summed E-state index contributed by atoms with van der Waals surface area (Å²) in [6, 6.07) is 15.8. The normalized spacial score (nSPS) is 13.8. The van der Waals surface area contributed by atoms with Crippen LogP contribution in [0, 0.1) is 6.92 Å². The summed E-state index contributed by atoms with van der Waals surface area (Å²) in [5.74, 6) is 0.0626. The molecule has 146 valence electrons. The third-order valence-electron chi connectivity index (χ3n) is 4.66. The van der Waals surface area contributed by atoms with E-state index in [0.29, 0.717) is 6.42 Å². The fourth-order valence-corrected chi connectivity index (χ4v) is 3.73. The SMILES string of the molecule is Cc1ccc(CCCCC(=O)Nc2ccc(CN3C(=O)CSC3=O)cc2)cc1. The lowest BCUT2D eigenvalue weighted by Gasteiger charge is -2.13. The Balaban J connectivity index is 1.39. The Morgan fingerprint density at radius 1 is 1.00 bits per heavy atom. The first-order chi connectivity index (χ1) is 13.5. The van der Waals surface area contributed by atoms with E-state index in [-0.39, 0.29) is 29.4 Å². The van der Waals surface area contributed by atoms with Gasteiger partial charge in [0.15, 0.2) is 0 Å². The summed E-state index contributed by atoms with van der Waals surface area (Å²) in [6.07, 6.45) is 3.29. The van der Waals surface area contributed by atoms with Crippen molar-refractivity contribution in [3.63, 3.8) is 0 Å². The highest BCUT2D eigenvalue weighted by molar-refractivity contribution is 8.14. The van der Waals surface area contributed by atoms with E-state index in [4.69, 9.17) is 0 Å². The highest BCUT2D eigenvalue weighted by Crippen LogP contribution is 2.22. The van der Waals surface area contributed by atoms with Gasteiger partial charge in [-0.15, -0.1) is 0 Å². The number of nitrogens with zero attached hydrogens (tertiary/aromatic N) is 1. The highest BCUT2D eigenvalue weighted by atomic mass is 32.2. The number of benzene rings is 2. The number of carbonyl (C=O) groups is 3. The van der Waals surface area contributed by atoms with Crippen molar-refractivity contribution in [1.82, 2.24) is 4.90 Å². The molecule has 1 fully saturated rings. The molecule has 0 aromatic heterocycles. The van der Waals surface area contributed by atoms with Gasteiger partial charge in [0.2, 0.25) is 11.8 Å². The number of nitrogens with one attached hydrogen (secondary N) is 1. The molecule has 0 radical (unpaired) electrons. The van der Waals surface area contributed by atoms with Crippen LogP contribution in [0.2, 0.25) is 0 Å². The molecule has 0 unspecified atom stereocenters. The van der Waals surface area contributed by atoms with Crippen LogP contribution in [-0.4, -0.2) is 27.7 Å². The van der Waals surface area contributed by atoms with Gasteiger partial charge in [-0.1, -0.05) is 53.7 Å². The van der Waals surface area contributed by atoms with E-state index < -0.39 is 0 Å². The van der Waals surface area contributed by atoms with E-state index >= 15 is 0 Å². The Kier molecular flexibility index (Phi) is 6.87. The Morgan fingerprint density at radius 2 is 1.68 bits per heavy atom. The number of rotatable bonds is 8. The van der Waals surface area contributed by atoms with E-state index in [1.165, 1.54) is 16.0 Å². The molecule has 28 heavy (non-hydrogen) atoms. The lowest BCUT2D eigenvalue weighted by Crippen LogP contribution is -2.27. The lowest BCUT2D eigenvalue weighted by molar-refractivity contribution is -0.125. The molecule has 1 saturated heterocycles. The van der Waals surface area contributed by atoms with Gasteiger partial charge in [-0.3, -0.25) is 19.3 Å². The second kappa shape index (κ2) is 9.55. The first kappa shape index (κ1) is 20.1. The smallest absolute Gasteiger partial charge is 0.289 e. The standard InChI is InChI=1S/C22H24N2O3S/c1-16-6-8-17(9-7-16)4-2-3-5-20(25)23-19-12-10-18(11-13-19)14-24-21(26)15-28-22(24)27/h6-13H,2-5,14-15H2,1H3,(H,23,25). The highest BCUT2D eigenvalue weighted by Gasteiger charge is 2.29. The lowest BCUT2D eigenvalue weighted by atomic mass is 10.1. The Morgan fingerprint density at radius 3 is 2.32 bits per heavy atom. The summed E-state index contributed by atoms with van der Waals surface area (Å²) in [5, 5.41) is 2.70. The van der Waals surface area contributed by atoms with Crippen LogP contribution < -0.4 is 5.32 Å². The zero-order chi connectivity index (χ0) is 19.9. The fourth-order valence-electron chi connectivity index (χ4n) is 3.00. The van der Waals surface area contributed by atoms with Crippen LogP contribution in [0.5, 0.6) is 0 Å². The third-order valence-corrected chi connectivity index (χ3v) is 5.52. The molecule has 6 heteroatoms. The second-order valence-electron chi connectivity index (χ2n) is 6.97. The number of amides is 3. The molecule has 0 spiro atoms. The maximum absolute atomic E-state index is 12.1. The molecular weight excluding hydrogens is 372 g/mol. The molecular formula is C22H24N2O3S. The minimum Gasteiger partial charge on any atom is -0.326 e. The molecule has 1 N–H and O–H groups in total. The largest absolute Gasteiger partial charge is 0.326 e. The van der Waals surface area contributed by atoms with Crippen molar-refractivity contribution in [2.45, 2.75) is 39.2 Å². The topological polar surface area (TPSA) is 66.5 Å². The number of carbonyl (C=O) groups excluding carboxylic acids is 3. The fraction of sp³-hybridized carbons (Fsp3) is 0.318. The van der Waals surface area contributed by atoms with Crippen molar-refractivity contribution in [2.75, 3.05) is 11.1 Å². The maximum Gasteiger partial charge on any atom is 0.289 e. The van der Waals surface area contributed by atoms with Crippen LogP contribution in [-0.2, 0) is 22.6 Å². The predicted octanol–water partition coefficient (Wildman–Crippen LogP) is 4.54. The first-order valence-corrected chi connectivity index (χ1v) is 10.4. The predicted molar refractivity (Wildman–Crippen MR) is 112 cm³/mol. The van der Waals surface area contributed by atoms with Crippen LogP contribution in [0.15, 0.2) is 48.5 Å². The van der Waals surface area contributed by atoms with Gasteiger partial charge in [-0.25, -0.2) is 0 Å². The Labute approximate surface area is 169 Å². The monoisotopic (exact) mass is 396 g/mol. The maximum atomic E-state index is 12.1. The molecule has 0 bridgehead atoms. The van der Waals surface area contributed by atoms with Crippen molar-refractivity contribution in [2.24, 2.45) is 0 Å². The van der Waals surface area contributed by atoms with E-state index in [2.05, 4.69) is 36.5 Å². The van der Waals surface area contributed by atoms with Gasteiger partial charge in [0.25, 0.3) is 5.24 Å². The van der Waals surface area contributed by atoms with Crippen molar-refractivity contribution in [1.29, 1.82) is 0 Å². The number of anilines is 1. The first-order valence-electron chi connectivity index (χ1n) is 9.43. The van der Waals surface area contributed by atoms with Gasteiger partial charge in [-0.2, -0.15) is 0 Å². The van der Waals surface area contributed by atoms with Crippen LogP contribution in [0.1, 0.15) is 36.0 Å². The summed E-state index contributed by atoms with van der Waals surface area (Å²) >= 11 is 1.03. The van der Waals surface area contributed by atoms with Gasteiger partial charge in [-0.05, 0) is 49.4 Å². The van der Waals surface area contributed by atoms with Crippen LogP contribution in [0.25, 0.3) is 0 Å². The van der Waals surface area contributed by atoms with Crippen molar-refractivity contribution >= 4 is 34.5 Å². The Bertz CT molecular complexity index is 831. The number of hydrogen-bond acceptors (Lipinski definition) is 4. The molecule has 1 aliphatic rings. The molecule has 5 nitrogen and oxygen atoms in total. The molecule has 0 atom stereocenters. The molecule has 2 aromatic rings. The minimum absolute atomic E-state index is 0.00189. The number of aryl methyl sites for hydroxylation is 2. The zero-order valence-corrected chi connectivity index (χ0v) is 16.8. The van der Waals surface area contributed by atoms with E-state index in [9.17, 15) is 14.4 Å². The van der Waals surface area contributed by atoms with Crippen LogP contribution >= 0.6 is 11.8 Å². The number of imide groups is 1. The zero-order valence-electron chi connectivity index (χ0n) is 15.9. The van der Waals surface area contributed by atoms with Crippen molar-refractivity contribution < 1.29 is 14.4 Å². The number of hydrogen-bond donors (Lipinski definition) is 1. The van der Waals surface area contributed by atoms with Gasteiger partial charge < -0.3 is 5.32 Å². The van der Waals surface area contributed by atoms with E-state index in [1.807, 2.05) is 12.1 Å². The summed E-state index contributed by atoms with van der Waals surface area (Å²) in [6.45, 7) is 2.35. The molecule has 3 rings (SSSR count). The molecule has 2 aromatic carbocycles. The molecule has 0 saturated carbocycles. The van der Waals surface area contributed by atoms with Gasteiger partial charge in [0.05, 0.1) is 12.3 Å². The molecule has 3 amide bonds. The van der Waals surface area contributed by atoms with E-state index in [0.717, 1.165) is 42.3 Å². The van der Waals surface area contributed by atoms with Gasteiger partial charge in [0.1, 0.15) is 0 Å². The minimum atomic E-state index is -0.201. The van der Waals surface area contributed by atoms with Crippen molar-refractivity contribution in [3.05, 3.63) is 65.2 Å². The second-order valence-corrected chi connectivity index (χ2v) is 7.90. The summed E-state index contributed by atoms with van der Waals surface area (Å²) in [7, 11) is 0. The van der Waals surface area contributed by atoms with Gasteiger partial charge in [0, 0.05) is 12.1 Å². The number of thioether (sulfide) groups is 1. The molecule has 1 heterocycles. The average Bonchev–Trinajstić information content (AvgIpc) is 3.00. The summed E-state index contributed by atoms with van der Waals surface area (Å²) in [5.41, 5.74) is 4.14.